The van der Waals surface area contributed by atoms with E-state index in [9.17, 15) is 9.18 Å². The lowest BCUT2D eigenvalue weighted by molar-refractivity contribution is -0.126. The van der Waals surface area contributed by atoms with Crippen LogP contribution in [0.4, 0.5) is 4.39 Å². The van der Waals surface area contributed by atoms with E-state index in [-0.39, 0.29) is 23.2 Å². The molecule has 3 N–H and O–H groups in total. The first-order chi connectivity index (χ1) is 8.07. The van der Waals surface area contributed by atoms with Crippen LogP contribution in [0.3, 0.4) is 0 Å². The van der Waals surface area contributed by atoms with Crippen LogP contribution in [0, 0.1) is 11.2 Å². The van der Waals surface area contributed by atoms with E-state index in [2.05, 4.69) is 5.32 Å². The second-order valence-electron chi connectivity index (χ2n) is 4.73. The van der Waals surface area contributed by atoms with Gasteiger partial charge in [-0.15, -0.1) is 0 Å². The number of nitrogens with two attached hydrogens (primary N) is 1. The number of hydrogen-bond donors (Lipinski definition) is 2. The van der Waals surface area contributed by atoms with E-state index in [4.69, 9.17) is 5.73 Å². The third-order valence-corrected chi connectivity index (χ3v) is 3.42. The Hall–Kier alpha value is -1.42. The summed E-state index contributed by atoms with van der Waals surface area (Å²) in [4.78, 5) is 11.9. The van der Waals surface area contributed by atoms with Crippen molar-refractivity contribution in [3.05, 3.63) is 35.6 Å². The fourth-order valence-corrected chi connectivity index (χ4v) is 1.88. The molecule has 1 aromatic carbocycles. The summed E-state index contributed by atoms with van der Waals surface area (Å²) in [5.41, 5.74) is 6.00. The van der Waals surface area contributed by atoms with Gasteiger partial charge in [0.15, 0.2) is 0 Å². The van der Waals surface area contributed by atoms with Crippen molar-refractivity contribution in [1.82, 2.24) is 5.32 Å². The molecule has 0 aliphatic heterocycles. The van der Waals surface area contributed by atoms with Crippen molar-refractivity contribution in [2.75, 3.05) is 6.54 Å². The minimum Gasteiger partial charge on any atom is -0.349 e. The highest BCUT2D eigenvalue weighted by molar-refractivity contribution is 5.85. The van der Waals surface area contributed by atoms with E-state index in [1.807, 2.05) is 6.92 Å². The van der Waals surface area contributed by atoms with Crippen LogP contribution < -0.4 is 11.1 Å². The maximum atomic E-state index is 13.0. The van der Waals surface area contributed by atoms with E-state index in [1.54, 1.807) is 12.1 Å². The first-order valence-electron chi connectivity index (χ1n) is 5.84. The van der Waals surface area contributed by atoms with Gasteiger partial charge in [0.05, 0.1) is 11.5 Å². The van der Waals surface area contributed by atoms with Crippen LogP contribution in [-0.4, -0.2) is 12.5 Å². The molecule has 1 fully saturated rings. The van der Waals surface area contributed by atoms with Gasteiger partial charge in [-0.05, 0) is 37.5 Å². The third-order valence-electron chi connectivity index (χ3n) is 3.42. The van der Waals surface area contributed by atoms with E-state index < -0.39 is 0 Å². The zero-order chi connectivity index (χ0) is 12.5. The fraction of sp³-hybridized carbons (Fsp3) is 0.462. The molecule has 0 saturated heterocycles. The SMILES string of the molecule is C[C@@H](NC(=O)C1(CN)CC1)c1cccc(F)c1. The lowest BCUT2D eigenvalue weighted by Gasteiger charge is -2.18. The maximum absolute atomic E-state index is 13.0. The summed E-state index contributed by atoms with van der Waals surface area (Å²) in [6.45, 7) is 2.23. The van der Waals surface area contributed by atoms with Gasteiger partial charge in [-0.2, -0.15) is 0 Å². The molecule has 4 heteroatoms. The molecule has 1 aliphatic carbocycles. The highest BCUT2D eigenvalue weighted by Crippen LogP contribution is 2.45. The number of amides is 1. The first kappa shape index (κ1) is 12.0. The van der Waals surface area contributed by atoms with Crippen molar-refractivity contribution in [2.24, 2.45) is 11.1 Å². The normalized spacial score (nSPS) is 18.5. The number of carbonyl (C=O) groups excluding carboxylic acids is 1. The predicted molar refractivity (Wildman–Crippen MR) is 63.7 cm³/mol. The molecule has 0 unspecified atom stereocenters. The van der Waals surface area contributed by atoms with Crippen LogP contribution in [0.5, 0.6) is 0 Å². The first-order valence-corrected chi connectivity index (χ1v) is 5.84. The number of benzene rings is 1. The predicted octanol–water partition coefficient (Wildman–Crippen LogP) is 1.74. The molecule has 1 aromatic rings. The van der Waals surface area contributed by atoms with Gasteiger partial charge >= 0.3 is 0 Å². The minimum absolute atomic E-state index is 0.0169. The third kappa shape index (κ3) is 2.47. The molecule has 0 radical (unpaired) electrons. The van der Waals surface area contributed by atoms with Crippen LogP contribution in [0.2, 0.25) is 0 Å². The lowest BCUT2D eigenvalue weighted by Crippen LogP contribution is -2.37. The van der Waals surface area contributed by atoms with Crippen molar-refractivity contribution >= 4 is 5.91 Å². The number of nitrogens with one attached hydrogen (secondary N) is 1. The van der Waals surface area contributed by atoms with Crippen molar-refractivity contribution in [1.29, 1.82) is 0 Å². The Kier molecular flexibility index (Phi) is 3.15. The van der Waals surface area contributed by atoms with Crippen LogP contribution in [0.25, 0.3) is 0 Å². The zero-order valence-electron chi connectivity index (χ0n) is 9.87. The molecule has 3 nitrogen and oxygen atoms in total. The molecule has 2 rings (SSSR count). The lowest BCUT2D eigenvalue weighted by atomic mass is 10.0. The van der Waals surface area contributed by atoms with Crippen LogP contribution in [0.1, 0.15) is 31.4 Å². The molecule has 0 spiro atoms. The van der Waals surface area contributed by atoms with E-state index in [0.717, 1.165) is 18.4 Å². The van der Waals surface area contributed by atoms with E-state index in [1.165, 1.54) is 12.1 Å². The molecule has 1 aliphatic rings. The van der Waals surface area contributed by atoms with Gasteiger partial charge in [0.1, 0.15) is 5.82 Å². The number of hydrogen-bond acceptors (Lipinski definition) is 2. The van der Waals surface area contributed by atoms with Crippen molar-refractivity contribution in [2.45, 2.75) is 25.8 Å². The van der Waals surface area contributed by atoms with Gasteiger partial charge in [0.2, 0.25) is 5.91 Å². The zero-order valence-corrected chi connectivity index (χ0v) is 9.87. The molecule has 1 saturated carbocycles. The van der Waals surface area contributed by atoms with Gasteiger partial charge in [-0.1, -0.05) is 12.1 Å². The Bertz CT molecular complexity index is 429. The van der Waals surface area contributed by atoms with Crippen molar-refractivity contribution in [3.63, 3.8) is 0 Å². The monoisotopic (exact) mass is 236 g/mol. The average Bonchev–Trinajstić information content (AvgIpc) is 3.09. The number of carbonyl (C=O) groups is 1. The summed E-state index contributed by atoms with van der Waals surface area (Å²) in [5.74, 6) is -0.305. The molecule has 0 bridgehead atoms. The van der Waals surface area contributed by atoms with Gasteiger partial charge in [-0.3, -0.25) is 4.79 Å². The number of halogens is 1. The summed E-state index contributed by atoms with van der Waals surface area (Å²) in [6, 6.07) is 6.08. The standard InChI is InChI=1S/C13H17FN2O/c1-9(10-3-2-4-11(14)7-10)16-12(17)13(8-15)5-6-13/h2-4,7,9H,5-6,8,15H2,1H3,(H,16,17)/t9-/m1/s1. The number of rotatable bonds is 4. The van der Waals surface area contributed by atoms with E-state index in [0.29, 0.717) is 6.54 Å². The Balaban J connectivity index is 2.02. The van der Waals surface area contributed by atoms with Gasteiger partial charge in [-0.25, -0.2) is 4.39 Å². The quantitative estimate of drug-likeness (QED) is 0.836. The van der Waals surface area contributed by atoms with Crippen LogP contribution in [0.15, 0.2) is 24.3 Å². The van der Waals surface area contributed by atoms with Gasteiger partial charge in [0, 0.05) is 6.54 Å². The minimum atomic E-state index is -0.360. The molecule has 1 amide bonds. The molecular formula is C13H17FN2O. The molecule has 1 atom stereocenters. The highest BCUT2D eigenvalue weighted by Gasteiger charge is 2.48. The Morgan fingerprint density at radius 3 is 2.82 bits per heavy atom. The summed E-state index contributed by atoms with van der Waals surface area (Å²) in [7, 11) is 0. The highest BCUT2D eigenvalue weighted by atomic mass is 19.1. The molecule has 0 heterocycles. The fourth-order valence-electron chi connectivity index (χ4n) is 1.88. The summed E-state index contributed by atoms with van der Waals surface area (Å²) in [5, 5.41) is 2.89. The summed E-state index contributed by atoms with van der Waals surface area (Å²) in [6.07, 6.45) is 1.70. The maximum Gasteiger partial charge on any atom is 0.227 e. The smallest absolute Gasteiger partial charge is 0.227 e. The van der Waals surface area contributed by atoms with Crippen LogP contribution in [-0.2, 0) is 4.79 Å². The topological polar surface area (TPSA) is 55.1 Å². The molecule has 92 valence electrons. The average molecular weight is 236 g/mol. The Labute approximate surface area is 100 Å². The molecule has 17 heavy (non-hydrogen) atoms. The van der Waals surface area contributed by atoms with Crippen LogP contribution >= 0.6 is 0 Å². The second kappa shape index (κ2) is 4.45. The van der Waals surface area contributed by atoms with Gasteiger partial charge < -0.3 is 11.1 Å². The second-order valence-corrected chi connectivity index (χ2v) is 4.73. The molecule has 0 aromatic heterocycles. The molecular weight excluding hydrogens is 219 g/mol. The summed E-state index contributed by atoms with van der Waals surface area (Å²) >= 11 is 0. The van der Waals surface area contributed by atoms with Crippen molar-refractivity contribution in [3.8, 4) is 0 Å². The largest absolute Gasteiger partial charge is 0.349 e. The summed E-state index contributed by atoms with van der Waals surface area (Å²) < 4.78 is 13.0. The Morgan fingerprint density at radius 2 is 2.29 bits per heavy atom. The van der Waals surface area contributed by atoms with E-state index >= 15 is 0 Å². The Morgan fingerprint density at radius 1 is 1.59 bits per heavy atom. The van der Waals surface area contributed by atoms with Crippen molar-refractivity contribution < 1.29 is 9.18 Å². The van der Waals surface area contributed by atoms with Gasteiger partial charge in [0.25, 0.3) is 0 Å².